The second kappa shape index (κ2) is 10.8. The van der Waals surface area contributed by atoms with Gasteiger partial charge in [0, 0.05) is 39.4 Å². The van der Waals surface area contributed by atoms with Gasteiger partial charge in [-0.2, -0.15) is 0 Å². The lowest BCUT2D eigenvalue weighted by Gasteiger charge is -2.30. The Labute approximate surface area is 179 Å². The summed E-state index contributed by atoms with van der Waals surface area (Å²) in [6.45, 7) is 1.71. The summed E-state index contributed by atoms with van der Waals surface area (Å²) in [5, 5.41) is 7.08. The molecule has 27 heavy (non-hydrogen) atoms. The summed E-state index contributed by atoms with van der Waals surface area (Å²) in [7, 11) is 3.52. The number of guanidine groups is 1. The van der Waals surface area contributed by atoms with E-state index in [2.05, 4.69) is 39.9 Å². The van der Waals surface area contributed by atoms with Crippen LogP contribution in [0.4, 0.5) is 0 Å². The van der Waals surface area contributed by atoms with Crippen LogP contribution < -0.4 is 10.6 Å². The number of likely N-dealkylation sites (N-methyl/N-ethyl adjacent to an activating group) is 1. The lowest BCUT2D eigenvalue weighted by atomic mass is 9.88. The van der Waals surface area contributed by atoms with E-state index in [0.29, 0.717) is 12.1 Å². The molecule has 1 saturated heterocycles. The number of benzene rings is 1. The third kappa shape index (κ3) is 6.64. The van der Waals surface area contributed by atoms with Crippen LogP contribution >= 0.6 is 24.0 Å². The Bertz CT molecular complexity index is 645. The van der Waals surface area contributed by atoms with Gasteiger partial charge in [-0.05, 0) is 43.2 Å². The van der Waals surface area contributed by atoms with Gasteiger partial charge in [0.05, 0.1) is 0 Å². The number of halogens is 1. The lowest BCUT2D eigenvalue weighted by Crippen LogP contribution is -2.50. The summed E-state index contributed by atoms with van der Waals surface area (Å²) in [5.41, 5.74) is 2.86. The largest absolute Gasteiger partial charge is 0.381 e. The van der Waals surface area contributed by atoms with E-state index < -0.39 is 0 Å². The molecule has 3 rings (SSSR count). The monoisotopic (exact) mass is 486 g/mol. The molecule has 6 nitrogen and oxygen atoms in total. The number of nitrogens with zero attached hydrogens (tertiary/aromatic N) is 2. The molecule has 1 atom stereocenters. The minimum absolute atomic E-state index is 0. The van der Waals surface area contributed by atoms with Gasteiger partial charge in [0.1, 0.15) is 6.54 Å². The first kappa shape index (κ1) is 21.9. The van der Waals surface area contributed by atoms with Crippen LogP contribution in [0.3, 0.4) is 0 Å². The summed E-state index contributed by atoms with van der Waals surface area (Å²) in [6, 6.07) is 9.33. The van der Waals surface area contributed by atoms with Gasteiger partial charge in [-0.1, -0.05) is 24.3 Å². The fourth-order valence-corrected chi connectivity index (χ4v) is 3.47. The Hall–Kier alpha value is -1.35. The second-order valence-electron chi connectivity index (χ2n) is 7.34. The highest BCUT2D eigenvalue weighted by atomic mass is 127. The zero-order chi connectivity index (χ0) is 18.4. The highest BCUT2D eigenvalue weighted by Crippen LogP contribution is 2.21. The van der Waals surface area contributed by atoms with Gasteiger partial charge in [0.15, 0.2) is 5.96 Å². The number of aryl methyl sites for hydroxylation is 1. The van der Waals surface area contributed by atoms with Crippen molar-refractivity contribution in [2.45, 2.75) is 44.2 Å². The fourth-order valence-electron chi connectivity index (χ4n) is 3.47. The van der Waals surface area contributed by atoms with E-state index in [0.717, 1.165) is 51.3 Å². The minimum Gasteiger partial charge on any atom is -0.381 e. The molecule has 2 N–H and O–H groups in total. The van der Waals surface area contributed by atoms with Crippen LogP contribution in [0.25, 0.3) is 0 Å². The molecular weight excluding hydrogens is 455 g/mol. The number of fused-ring (bicyclic) bond motifs is 1. The Morgan fingerprint density at radius 2 is 1.78 bits per heavy atom. The number of hydrogen-bond acceptors (Lipinski definition) is 3. The predicted octanol–water partition coefficient (Wildman–Crippen LogP) is 1.96. The standard InChI is InChI=1S/C20H30N4O2.HI/c1-24(2)19(25)14-21-20(22-17-9-11-26-12-10-17)23-18-8-7-15-5-3-4-6-16(15)13-18;/h3-6,17-18H,7-14H2,1-2H3,(H2,21,22,23);1H. The van der Waals surface area contributed by atoms with Gasteiger partial charge in [-0.25, -0.2) is 4.99 Å². The van der Waals surface area contributed by atoms with Crippen molar-refractivity contribution in [3.63, 3.8) is 0 Å². The predicted molar refractivity (Wildman–Crippen MR) is 119 cm³/mol. The van der Waals surface area contributed by atoms with E-state index in [1.165, 1.54) is 11.1 Å². The molecule has 7 heteroatoms. The Kier molecular flexibility index (Phi) is 8.82. The third-order valence-corrected chi connectivity index (χ3v) is 5.12. The first-order valence-corrected chi connectivity index (χ1v) is 9.54. The number of carbonyl (C=O) groups excluding carboxylic acids is 1. The van der Waals surface area contributed by atoms with Crippen molar-refractivity contribution < 1.29 is 9.53 Å². The zero-order valence-corrected chi connectivity index (χ0v) is 18.6. The summed E-state index contributed by atoms with van der Waals surface area (Å²) in [6.07, 6.45) is 5.08. The Balaban J connectivity index is 0.00000261. The molecule has 0 bridgehead atoms. The van der Waals surface area contributed by atoms with Gasteiger partial charge in [-0.15, -0.1) is 24.0 Å². The van der Waals surface area contributed by atoms with E-state index >= 15 is 0 Å². The molecule has 1 unspecified atom stereocenters. The Morgan fingerprint density at radius 1 is 1.11 bits per heavy atom. The van der Waals surface area contributed by atoms with E-state index in [4.69, 9.17) is 4.74 Å². The smallest absolute Gasteiger partial charge is 0.243 e. The fraction of sp³-hybridized carbons (Fsp3) is 0.600. The first-order chi connectivity index (χ1) is 12.6. The molecule has 150 valence electrons. The van der Waals surface area contributed by atoms with E-state index in [-0.39, 0.29) is 36.4 Å². The number of rotatable bonds is 4. The number of ether oxygens (including phenoxy) is 1. The van der Waals surface area contributed by atoms with E-state index in [9.17, 15) is 4.79 Å². The van der Waals surface area contributed by atoms with E-state index in [1.807, 2.05) is 0 Å². The van der Waals surface area contributed by atoms with Crippen LogP contribution in [0.15, 0.2) is 29.3 Å². The molecule has 1 aromatic carbocycles. The van der Waals surface area contributed by atoms with Crippen LogP contribution in [-0.4, -0.2) is 62.7 Å². The number of amides is 1. The summed E-state index contributed by atoms with van der Waals surface area (Å²) in [4.78, 5) is 18.1. The minimum atomic E-state index is 0. The maximum absolute atomic E-state index is 11.9. The highest BCUT2D eigenvalue weighted by molar-refractivity contribution is 14.0. The maximum atomic E-state index is 11.9. The average molecular weight is 486 g/mol. The van der Waals surface area contributed by atoms with Crippen molar-refractivity contribution in [1.29, 1.82) is 0 Å². The molecule has 2 aliphatic rings. The van der Waals surface area contributed by atoms with Crippen molar-refractivity contribution >= 4 is 35.8 Å². The van der Waals surface area contributed by atoms with E-state index in [1.54, 1.807) is 19.0 Å². The van der Waals surface area contributed by atoms with Crippen LogP contribution in [0.1, 0.15) is 30.4 Å². The summed E-state index contributed by atoms with van der Waals surface area (Å²) in [5.74, 6) is 0.753. The maximum Gasteiger partial charge on any atom is 0.243 e. The van der Waals surface area contributed by atoms with Crippen LogP contribution in [-0.2, 0) is 22.4 Å². The number of aliphatic imine (C=N–C) groups is 1. The lowest BCUT2D eigenvalue weighted by molar-refractivity contribution is -0.127. The third-order valence-electron chi connectivity index (χ3n) is 5.12. The molecule has 1 aliphatic heterocycles. The van der Waals surface area contributed by atoms with Crippen molar-refractivity contribution in [3.05, 3.63) is 35.4 Å². The van der Waals surface area contributed by atoms with Gasteiger partial charge >= 0.3 is 0 Å². The number of nitrogens with one attached hydrogen (secondary N) is 2. The highest BCUT2D eigenvalue weighted by Gasteiger charge is 2.21. The first-order valence-electron chi connectivity index (χ1n) is 9.54. The molecule has 1 amide bonds. The average Bonchev–Trinajstić information content (AvgIpc) is 2.66. The molecule has 0 saturated carbocycles. The van der Waals surface area contributed by atoms with Crippen molar-refractivity contribution in [2.75, 3.05) is 33.9 Å². The SMILES string of the molecule is CN(C)C(=O)CN=C(NC1CCOCC1)NC1CCc2ccccc2C1.I. The second-order valence-corrected chi connectivity index (χ2v) is 7.34. The van der Waals surface area contributed by atoms with Crippen LogP contribution in [0, 0.1) is 0 Å². The van der Waals surface area contributed by atoms with Gasteiger partial charge < -0.3 is 20.3 Å². The topological polar surface area (TPSA) is 66.0 Å². The van der Waals surface area contributed by atoms with Crippen molar-refractivity contribution in [2.24, 2.45) is 4.99 Å². The van der Waals surface area contributed by atoms with Crippen LogP contribution in [0.2, 0.25) is 0 Å². The molecule has 0 spiro atoms. The van der Waals surface area contributed by atoms with Gasteiger partial charge in [0.25, 0.3) is 0 Å². The Morgan fingerprint density at radius 3 is 2.48 bits per heavy atom. The molecule has 1 aliphatic carbocycles. The molecule has 1 fully saturated rings. The summed E-state index contributed by atoms with van der Waals surface area (Å²) < 4.78 is 5.44. The molecule has 0 radical (unpaired) electrons. The molecule has 1 aromatic rings. The molecular formula is C20H31IN4O2. The summed E-state index contributed by atoms with van der Waals surface area (Å²) >= 11 is 0. The molecule has 0 aromatic heterocycles. The van der Waals surface area contributed by atoms with Crippen LogP contribution in [0.5, 0.6) is 0 Å². The zero-order valence-electron chi connectivity index (χ0n) is 16.2. The quantitative estimate of drug-likeness (QED) is 0.388. The number of hydrogen-bond donors (Lipinski definition) is 2. The van der Waals surface area contributed by atoms with Gasteiger partial charge in [0.2, 0.25) is 5.91 Å². The van der Waals surface area contributed by atoms with Crippen molar-refractivity contribution in [1.82, 2.24) is 15.5 Å². The van der Waals surface area contributed by atoms with Gasteiger partial charge in [-0.3, -0.25) is 4.79 Å². The molecule has 1 heterocycles. The van der Waals surface area contributed by atoms with Crippen molar-refractivity contribution in [3.8, 4) is 0 Å². The number of carbonyl (C=O) groups is 1. The normalized spacial score (nSPS) is 20.2.